The van der Waals surface area contributed by atoms with Crippen LogP contribution in [-0.2, 0) is 27.7 Å². The number of phosphoric acid groups is 1. The molecule has 0 N–H and O–H groups in total. The summed E-state index contributed by atoms with van der Waals surface area (Å²) in [6.45, 7) is 5.46. The first-order valence-corrected chi connectivity index (χ1v) is 7.65. The van der Waals surface area contributed by atoms with Crippen LogP contribution in [0.5, 0.6) is 0 Å². The van der Waals surface area contributed by atoms with Gasteiger partial charge in [-0.15, -0.1) is 0 Å². The van der Waals surface area contributed by atoms with E-state index in [0.29, 0.717) is 0 Å². The number of carbonyl (C=O) groups is 1. The number of allylic oxidation sites excluding steroid dienone is 4. The first-order chi connectivity index (χ1) is 9.51. The number of esters is 1. The van der Waals surface area contributed by atoms with E-state index < -0.39 is 13.8 Å². The number of hydrogen-bond donors (Lipinski definition) is 0. The van der Waals surface area contributed by atoms with E-state index in [4.69, 9.17) is 13.6 Å². The lowest BCUT2D eigenvalue weighted by Crippen LogP contribution is -2.02. The van der Waals surface area contributed by atoms with Crippen LogP contribution in [-0.4, -0.2) is 26.3 Å². The molecule has 0 aliphatic heterocycles. The molecule has 0 radical (unpaired) electrons. The highest BCUT2D eigenvalue weighted by Crippen LogP contribution is 2.51. The first kappa shape index (κ1) is 18.6. The van der Waals surface area contributed by atoms with E-state index in [1.165, 1.54) is 13.2 Å². The van der Waals surface area contributed by atoms with Crippen LogP contribution in [0.1, 0.15) is 20.8 Å². The van der Waals surface area contributed by atoms with E-state index >= 15 is 0 Å². The van der Waals surface area contributed by atoms with Crippen molar-refractivity contribution in [3.8, 4) is 0 Å². The van der Waals surface area contributed by atoms with Crippen LogP contribution >= 0.6 is 7.82 Å². The lowest BCUT2D eigenvalue weighted by molar-refractivity contribution is -0.134. The number of hydrogen-bond acceptors (Lipinski definition) is 6. The molecular weight excluding hydrogens is 283 g/mol. The molecule has 0 atom stereocenters. The molecule has 0 unspecified atom stereocenters. The van der Waals surface area contributed by atoms with Gasteiger partial charge in [0.1, 0.15) is 5.76 Å². The van der Waals surface area contributed by atoms with Gasteiger partial charge >= 0.3 is 13.8 Å². The Morgan fingerprint density at radius 1 is 1.15 bits per heavy atom. The van der Waals surface area contributed by atoms with Crippen LogP contribution in [0.15, 0.2) is 36.1 Å². The zero-order valence-corrected chi connectivity index (χ0v) is 13.1. The summed E-state index contributed by atoms with van der Waals surface area (Å²) in [5, 5.41) is 0. The minimum absolute atomic E-state index is 0.0279. The topological polar surface area (TPSA) is 71.1 Å². The van der Waals surface area contributed by atoms with Crippen molar-refractivity contribution in [2.24, 2.45) is 0 Å². The maximum atomic E-state index is 12.2. The largest absolute Gasteiger partial charge is 0.530 e. The fraction of sp³-hybridized carbons (Fsp3) is 0.462. The fourth-order valence-corrected chi connectivity index (χ4v) is 2.26. The number of methoxy groups -OCH3 is 1. The van der Waals surface area contributed by atoms with E-state index in [1.807, 2.05) is 6.92 Å². The lowest BCUT2D eigenvalue weighted by atomic mass is 10.3. The van der Waals surface area contributed by atoms with E-state index in [0.717, 1.165) is 6.08 Å². The minimum atomic E-state index is -3.74. The number of carbonyl (C=O) groups excluding carboxylic acids is 1. The smallest absolute Gasteiger partial charge is 0.466 e. The molecule has 0 aromatic carbocycles. The molecule has 0 amide bonds. The molecule has 0 aliphatic rings. The van der Waals surface area contributed by atoms with Crippen molar-refractivity contribution in [3.05, 3.63) is 36.1 Å². The fourth-order valence-electron chi connectivity index (χ4n) is 1.08. The Morgan fingerprint density at radius 3 is 2.20 bits per heavy atom. The van der Waals surface area contributed by atoms with Gasteiger partial charge in [0.25, 0.3) is 0 Å². The first-order valence-electron chi connectivity index (χ1n) is 6.19. The summed E-state index contributed by atoms with van der Waals surface area (Å²) >= 11 is 0. The molecule has 0 aromatic rings. The van der Waals surface area contributed by atoms with Crippen LogP contribution < -0.4 is 0 Å². The summed E-state index contributed by atoms with van der Waals surface area (Å²) in [4.78, 5) is 11.3. The van der Waals surface area contributed by atoms with Crippen molar-refractivity contribution in [2.75, 3.05) is 20.3 Å². The molecule has 0 spiro atoms. The van der Waals surface area contributed by atoms with Gasteiger partial charge in [-0.25, -0.2) is 9.36 Å². The zero-order valence-electron chi connectivity index (χ0n) is 12.2. The van der Waals surface area contributed by atoms with Gasteiger partial charge in [-0.2, -0.15) is 0 Å². The molecule has 0 aliphatic carbocycles. The zero-order chi connectivity index (χ0) is 15.4. The van der Waals surface area contributed by atoms with Crippen LogP contribution in [0.3, 0.4) is 0 Å². The molecular formula is C13H21O6P. The molecule has 0 rings (SSSR count). The molecule has 0 heterocycles. The molecule has 6 nitrogen and oxygen atoms in total. The number of phosphoric ester groups is 1. The van der Waals surface area contributed by atoms with Crippen LogP contribution in [0.25, 0.3) is 0 Å². The predicted octanol–water partition coefficient (Wildman–Crippen LogP) is 3.37. The Balaban J connectivity index is 5.16. The maximum Gasteiger partial charge on any atom is 0.530 e. The lowest BCUT2D eigenvalue weighted by Gasteiger charge is -2.17. The Hall–Kier alpha value is -1.36. The van der Waals surface area contributed by atoms with Gasteiger partial charge in [-0.3, -0.25) is 9.05 Å². The van der Waals surface area contributed by atoms with Crippen LogP contribution in [0.2, 0.25) is 0 Å². The summed E-state index contributed by atoms with van der Waals surface area (Å²) in [6.07, 6.45) is 7.65. The third-order valence-electron chi connectivity index (χ3n) is 1.82. The summed E-state index contributed by atoms with van der Waals surface area (Å²) in [5.41, 5.74) is 0. The van der Waals surface area contributed by atoms with Crippen LogP contribution in [0.4, 0.5) is 0 Å². The van der Waals surface area contributed by atoms with Crippen molar-refractivity contribution < 1.29 is 27.7 Å². The second-order valence-electron chi connectivity index (χ2n) is 3.33. The Labute approximate surface area is 119 Å². The van der Waals surface area contributed by atoms with Gasteiger partial charge in [0.15, 0.2) is 0 Å². The van der Waals surface area contributed by atoms with Crippen molar-refractivity contribution in [1.29, 1.82) is 0 Å². The highest BCUT2D eigenvalue weighted by Gasteiger charge is 2.27. The van der Waals surface area contributed by atoms with Gasteiger partial charge in [0.2, 0.25) is 0 Å². The normalized spacial score (nSPS) is 13.1. The quantitative estimate of drug-likeness (QED) is 0.214. The van der Waals surface area contributed by atoms with Gasteiger partial charge in [0.05, 0.1) is 26.4 Å². The molecule has 7 heteroatoms. The Morgan fingerprint density at radius 2 is 1.75 bits per heavy atom. The van der Waals surface area contributed by atoms with Gasteiger partial charge in [-0.1, -0.05) is 18.2 Å². The predicted molar refractivity (Wildman–Crippen MR) is 76.0 cm³/mol. The van der Waals surface area contributed by atoms with Gasteiger partial charge < -0.3 is 9.26 Å². The minimum Gasteiger partial charge on any atom is -0.466 e. The second-order valence-corrected chi connectivity index (χ2v) is 4.92. The summed E-state index contributed by atoms with van der Waals surface area (Å²) < 4.78 is 31.9. The van der Waals surface area contributed by atoms with Crippen molar-refractivity contribution in [2.45, 2.75) is 20.8 Å². The molecule has 0 bridgehead atoms. The summed E-state index contributed by atoms with van der Waals surface area (Å²) in [6, 6.07) is 0. The van der Waals surface area contributed by atoms with Crippen LogP contribution in [0, 0.1) is 0 Å². The average molecular weight is 304 g/mol. The van der Waals surface area contributed by atoms with E-state index in [2.05, 4.69) is 4.74 Å². The average Bonchev–Trinajstić information content (AvgIpc) is 2.39. The molecule has 0 fully saturated rings. The highest BCUT2D eigenvalue weighted by molar-refractivity contribution is 7.48. The summed E-state index contributed by atoms with van der Waals surface area (Å²) in [7, 11) is -2.51. The highest BCUT2D eigenvalue weighted by atomic mass is 31.2. The molecule has 0 saturated carbocycles. The van der Waals surface area contributed by atoms with E-state index in [-0.39, 0.29) is 19.0 Å². The number of ether oxygens (including phenoxy) is 1. The molecule has 114 valence electrons. The van der Waals surface area contributed by atoms with Crippen molar-refractivity contribution in [1.82, 2.24) is 0 Å². The maximum absolute atomic E-state index is 12.2. The Bertz CT molecular complexity index is 415. The van der Waals surface area contributed by atoms with Crippen molar-refractivity contribution in [3.63, 3.8) is 0 Å². The molecule has 0 saturated heterocycles. The van der Waals surface area contributed by atoms with E-state index in [1.54, 1.807) is 32.1 Å². The summed E-state index contributed by atoms with van der Waals surface area (Å²) in [5.74, 6) is -0.607. The second kappa shape index (κ2) is 10.4. The molecule has 0 aromatic heterocycles. The van der Waals surface area contributed by atoms with Crippen molar-refractivity contribution >= 4 is 13.8 Å². The van der Waals surface area contributed by atoms with Gasteiger partial charge in [0, 0.05) is 0 Å². The standard InChI is InChI=1S/C13H21O6P/c1-5-8-9-10-12(11-13(14)16-4)19-20(15,17-6-2)18-7-3/h5,8-11H,6-7H2,1-4H3/b8-5+,10-9+,12-11-. The molecule has 20 heavy (non-hydrogen) atoms. The Kier molecular flexibility index (Phi) is 9.72. The third kappa shape index (κ3) is 7.94. The number of rotatable bonds is 9. The monoisotopic (exact) mass is 304 g/mol. The third-order valence-corrected chi connectivity index (χ3v) is 3.40. The van der Waals surface area contributed by atoms with E-state index in [9.17, 15) is 9.36 Å². The SMILES string of the molecule is C/C=C/C=C/C(=C/C(=O)OC)OP(=O)(OCC)OCC. The van der Waals surface area contributed by atoms with Gasteiger partial charge in [-0.05, 0) is 26.8 Å².